The van der Waals surface area contributed by atoms with E-state index in [0.717, 1.165) is 18.8 Å². The van der Waals surface area contributed by atoms with E-state index < -0.39 is 0 Å². The van der Waals surface area contributed by atoms with E-state index in [9.17, 15) is 4.79 Å². The second-order valence-electron chi connectivity index (χ2n) is 4.09. The van der Waals surface area contributed by atoms with Gasteiger partial charge in [-0.25, -0.2) is 0 Å². The number of rotatable bonds is 3. The lowest BCUT2D eigenvalue weighted by Crippen LogP contribution is -2.56. The van der Waals surface area contributed by atoms with E-state index in [1.165, 1.54) is 0 Å². The molecule has 1 saturated heterocycles. The Labute approximate surface area is 83.5 Å². The predicted molar refractivity (Wildman–Crippen MR) is 53.9 cm³/mol. The molecule has 1 N–H and O–H groups in total. The Kier molecular flexibility index (Phi) is 2.33. The van der Waals surface area contributed by atoms with Crippen LogP contribution in [0.15, 0.2) is 24.4 Å². The molecule has 0 aliphatic carbocycles. The summed E-state index contributed by atoms with van der Waals surface area (Å²) in [6.45, 7) is 3.62. The zero-order valence-electron chi connectivity index (χ0n) is 8.29. The smallest absolute Gasteiger partial charge is 0.147 e. The van der Waals surface area contributed by atoms with Crippen LogP contribution in [0.5, 0.6) is 0 Å². The van der Waals surface area contributed by atoms with Crippen LogP contribution in [0.4, 0.5) is 0 Å². The zero-order chi connectivity index (χ0) is 10.0. The van der Waals surface area contributed by atoms with Gasteiger partial charge in [0.25, 0.3) is 0 Å². The van der Waals surface area contributed by atoms with Crippen LogP contribution in [0.1, 0.15) is 12.6 Å². The topological polar surface area (TPSA) is 42.0 Å². The first-order valence-corrected chi connectivity index (χ1v) is 4.85. The summed E-state index contributed by atoms with van der Waals surface area (Å²) in [4.78, 5) is 16.0. The normalized spacial score (nSPS) is 18.6. The average Bonchev–Trinajstić information content (AvgIpc) is 2.15. The Morgan fingerprint density at radius 2 is 2.36 bits per heavy atom. The Morgan fingerprint density at radius 1 is 1.57 bits per heavy atom. The minimum absolute atomic E-state index is 0.155. The van der Waals surface area contributed by atoms with Gasteiger partial charge in [-0.15, -0.1) is 0 Å². The summed E-state index contributed by atoms with van der Waals surface area (Å²) in [6.07, 6.45) is 2.18. The van der Waals surface area contributed by atoms with Gasteiger partial charge in [-0.2, -0.15) is 0 Å². The standard InChI is InChI=1S/C11H14N2O/c1-11(7-12-8-11)10(14)6-9-4-2-3-5-13-9/h2-5,12H,6-8H2,1H3. The fraction of sp³-hybridized carbons (Fsp3) is 0.455. The number of ketones is 1. The number of Topliss-reactive ketones (excluding diaryl/α,β-unsaturated/α-hetero) is 1. The minimum Gasteiger partial charge on any atom is -0.315 e. The molecule has 2 heterocycles. The highest BCUT2D eigenvalue weighted by atomic mass is 16.1. The quantitative estimate of drug-likeness (QED) is 0.766. The minimum atomic E-state index is -0.155. The summed E-state index contributed by atoms with van der Waals surface area (Å²) in [5, 5.41) is 3.13. The van der Waals surface area contributed by atoms with Crippen LogP contribution in [-0.4, -0.2) is 23.9 Å². The van der Waals surface area contributed by atoms with Crippen molar-refractivity contribution in [3.05, 3.63) is 30.1 Å². The van der Waals surface area contributed by atoms with Crippen molar-refractivity contribution < 1.29 is 4.79 Å². The van der Waals surface area contributed by atoms with Crippen LogP contribution in [0.3, 0.4) is 0 Å². The van der Waals surface area contributed by atoms with E-state index in [-0.39, 0.29) is 11.2 Å². The molecule has 14 heavy (non-hydrogen) atoms. The van der Waals surface area contributed by atoms with Crippen molar-refractivity contribution in [2.45, 2.75) is 13.3 Å². The lowest BCUT2D eigenvalue weighted by atomic mass is 9.78. The summed E-state index contributed by atoms with van der Waals surface area (Å²) < 4.78 is 0. The summed E-state index contributed by atoms with van der Waals surface area (Å²) in [5.74, 6) is 0.287. The summed E-state index contributed by atoms with van der Waals surface area (Å²) >= 11 is 0. The molecule has 3 heteroatoms. The molecule has 0 amide bonds. The third kappa shape index (κ3) is 1.68. The third-order valence-corrected chi connectivity index (χ3v) is 2.77. The number of aromatic nitrogens is 1. The summed E-state index contributed by atoms with van der Waals surface area (Å²) in [5.41, 5.74) is 0.711. The first kappa shape index (κ1) is 9.34. The van der Waals surface area contributed by atoms with Gasteiger partial charge in [0, 0.05) is 31.4 Å². The zero-order valence-corrected chi connectivity index (χ0v) is 8.29. The molecule has 2 rings (SSSR count). The van der Waals surface area contributed by atoms with Gasteiger partial charge in [0.15, 0.2) is 0 Å². The van der Waals surface area contributed by atoms with Gasteiger partial charge in [0.1, 0.15) is 5.78 Å². The maximum Gasteiger partial charge on any atom is 0.147 e. The molecule has 0 saturated carbocycles. The SMILES string of the molecule is CC1(C(=O)Cc2ccccn2)CNC1. The Balaban J connectivity index is 2.02. The van der Waals surface area contributed by atoms with E-state index in [2.05, 4.69) is 10.3 Å². The number of carbonyl (C=O) groups is 1. The van der Waals surface area contributed by atoms with Crippen LogP contribution in [0, 0.1) is 5.41 Å². The van der Waals surface area contributed by atoms with Crippen molar-refractivity contribution in [2.75, 3.05) is 13.1 Å². The highest BCUT2D eigenvalue weighted by molar-refractivity contribution is 5.87. The molecule has 0 unspecified atom stereocenters. The second-order valence-corrected chi connectivity index (χ2v) is 4.09. The van der Waals surface area contributed by atoms with Crippen molar-refractivity contribution in [3.63, 3.8) is 0 Å². The number of hydrogen-bond donors (Lipinski definition) is 1. The molecule has 1 aromatic heterocycles. The van der Waals surface area contributed by atoms with Gasteiger partial charge in [0.05, 0.1) is 5.41 Å². The molecule has 74 valence electrons. The highest BCUT2D eigenvalue weighted by Crippen LogP contribution is 2.23. The van der Waals surface area contributed by atoms with Crippen LogP contribution in [0.2, 0.25) is 0 Å². The second kappa shape index (κ2) is 3.50. The molecule has 1 fully saturated rings. The monoisotopic (exact) mass is 190 g/mol. The Morgan fingerprint density at radius 3 is 2.86 bits per heavy atom. The molecular weight excluding hydrogens is 176 g/mol. The molecule has 0 aromatic carbocycles. The summed E-state index contributed by atoms with van der Waals surface area (Å²) in [7, 11) is 0. The van der Waals surface area contributed by atoms with E-state index in [1.807, 2.05) is 25.1 Å². The van der Waals surface area contributed by atoms with E-state index in [1.54, 1.807) is 6.20 Å². The van der Waals surface area contributed by atoms with Crippen LogP contribution >= 0.6 is 0 Å². The lowest BCUT2D eigenvalue weighted by Gasteiger charge is -2.37. The van der Waals surface area contributed by atoms with Gasteiger partial charge >= 0.3 is 0 Å². The summed E-state index contributed by atoms with van der Waals surface area (Å²) in [6, 6.07) is 5.67. The molecule has 0 bridgehead atoms. The largest absolute Gasteiger partial charge is 0.315 e. The molecule has 1 aliphatic rings. The van der Waals surface area contributed by atoms with Crippen LogP contribution in [0.25, 0.3) is 0 Å². The third-order valence-electron chi connectivity index (χ3n) is 2.77. The molecule has 0 spiro atoms. The molecule has 1 aliphatic heterocycles. The average molecular weight is 190 g/mol. The van der Waals surface area contributed by atoms with Crippen LogP contribution in [-0.2, 0) is 11.2 Å². The van der Waals surface area contributed by atoms with Crippen molar-refractivity contribution in [1.29, 1.82) is 0 Å². The van der Waals surface area contributed by atoms with Gasteiger partial charge in [-0.3, -0.25) is 9.78 Å². The fourth-order valence-electron chi connectivity index (χ4n) is 1.58. The van der Waals surface area contributed by atoms with E-state index in [4.69, 9.17) is 0 Å². The number of carbonyl (C=O) groups excluding carboxylic acids is 1. The van der Waals surface area contributed by atoms with Crippen molar-refractivity contribution >= 4 is 5.78 Å². The van der Waals surface area contributed by atoms with Crippen LogP contribution < -0.4 is 5.32 Å². The first-order valence-electron chi connectivity index (χ1n) is 4.85. The maximum atomic E-state index is 11.8. The number of nitrogens with one attached hydrogen (secondary N) is 1. The van der Waals surface area contributed by atoms with Gasteiger partial charge < -0.3 is 5.32 Å². The number of pyridine rings is 1. The molecule has 3 nitrogen and oxygen atoms in total. The predicted octanol–water partition coefficient (Wildman–Crippen LogP) is 0.803. The van der Waals surface area contributed by atoms with Crippen molar-refractivity contribution in [3.8, 4) is 0 Å². The van der Waals surface area contributed by atoms with Crippen molar-refractivity contribution in [1.82, 2.24) is 10.3 Å². The van der Waals surface area contributed by atoms with Gasteiger partial charge in [-0.1, -0.05) is 13.0 Å². The first-order chi connectivity index (χ1) is 6.71. The Hall–Kier alpha value is -1.22. The van der Waals surface area contributed by atoms with E-state index >= 15 is 0 Å². The number of nitrogens with zero attached hydrogens (tertiary/aromatic N) is 1. The molecule has 1 aromatic rings. The highest BCUT2D eigenvalue weighted by Gasteiger charge is 2.38. The maximum absolute atomic E-state index is 11.8. The van der Waals surface area contributed by atoms with Gasteiger partial charge in [-0.05, 0) is 12.1 Å². The Bertz CT molecular complexity index is 330. The van der Waals surface area contributed by atoms with Gasteiger partial charge in [0.2, 0.25) is 0 Å². The lowest BCUT2D eigenvalue weighted by molar-refractivity contribution is -0.129. The fourth-order valence-corrected chi connectivity index (χ4v) is 1.58. The van der Waals surface area contributed by atoms with Crippen molar-refractivity contribution in [2.24, 2.45) is 5.41 Å². The number of hydrogen-bond acceptors (Lipinski definition) is 3. The molecule has 0 atom stereocenters. The van der Waals surface area contributed by atoms with E-state index in [0.29, 0.717) is 6.42 Å². The molecule has 0 radical (unpaired) electrons. The molecular formula is C11H14N2O.